The van der Waals surface area contributed by atoms with Crippen molar-refractivity contribution in [3.8, 4) is 0 Å². The van der Waals surface area contributed by atoms with Crippen LogP contribution in [0.1, 0.15) is 68.4 Å². The van der Waals surface area contributed by atoms with E-state index in [4.69, 9.17) is 0 Å². The van der Waals surface area contributed by atoms with E-state index in [1.165, 1.54) is 16.9 Å². The van der Waals surface area contributed by atoms with Crippen LogP contribution in [0.25, 0.3) is 10.2 Å². The Balaban J connectivity index is 1.84. The van der Waals surface area contributed by atoms with Crippen molar-refractivity contribution in [2.75, 3.05) is 33.7 Å². The number of hydrogen-bond donors (Lipinski definition) is 0. The largest absolute Gasteiger partial charge is 0.332 e. The van der Waals surface area contributed by atoms with Gasteiger partial charge in [-0.05, 0) is 64.9 Å². The Labute approximate surface area is 183 Å². The molecule has 0 bridgehead atoms. The molecular formula is C23H36N4O2S. The molecule has 6 nitrogen and oxygen atoms in total. The number of aromatic nitrogens is 2. The second kappa shape index (κ2) is 9.37. The van der Waals surface area contributed by atoms with Crippen molar-refractivity contribution in [2.45, 2.75) is 77.4 Å². The summed E-state index contributed by atoms with van der Waals surface area (Å²) in [5.74, 6) is 0. The molecule has 0 aromatic carbocycles. The van der Waals surface area contributed by atoms with Gasteiger partial charge in [-0.1, -0.05) is 26.2 Å². The Bertz CT molecular complexity index is 997. The Morgan fingerprint density at radius 2 is 1.87 bits per heavy atom. The third-order valence-corrected chi connectivity index (χ3v) is 7.94. The van der Waals surface area contributed by atoms with Crippen LogP contribution in [0.3, 0.4) is 0 Å². The molecule has 4 rings (SSSR count). The average Bonchev–Trinajstić information content (AvgIpc) is 3.10. The Morgan fingerprint density at radius 3 is 2.57 bits per heavy atom. The van der Waals surface area contributed by atoms with Crippen LogP contribution in [0, 0.1) is 0 Å². The maximum atomic E-state index is 13.7. The van der Waals surface area contributed by atoms with E-state index >= 15 is 0 Å². The van der Waals surface area contributed by atoms with Gasteiger partial charge in [0.1, 0.15) is 4.83 Å². The van der Waals surface area contributed by atoms with E-state index in [1.54, 1.807) is 15.9 Å². The lowest BCUT2D eigenvalue weighted by atomic mass is 9.95. The minimum Gasteiger partial charge on any atom is -0.309 e. The van der Waals surface area contributed by atoms with Gasteiger partial charge >= 0.3 is 5.69 Å². The molecule has 0 radical (unpaired) electrons. The van der Waals surface area contributed by atoms with Crippen LogP contribution < -0.4 is 11.2 Å². The molecule has 1 fully saturated rings. The molecule has 166 valence electrons. The standard InChI is InChI=1S/C23H36N4O2S/c1-4-12-25-15-11-18-19(16-25)30-22-20(18)21(28)27(17-9-6-5-7-10-17)23(29)26(22)14-8-13-24(2)3/h17H,4-16H2,1-3H3. The third-order valence-electron chi connectivity index (χ3n) is 6.70. The van der Waals surface area contributed by atoms with E-state index in [0.29, 0.717) is 6.54 Å². The van der Waals surface area contributed by atoms with Gasteiger partial charge in [-0.2, -0.15) is 0 Å². The summed E-state index contributed by atoms with van der Waals surface area (Å²) in [6.45, 7) is 6.85. The fourth-order valence-corrected chi connectivity index (χ4v) is 6.59. The third kappa shape index (κ3) is 4.16. The highest BCUT2D eigenvalue weighted by Gasteiger charge is 2.28. The summed E-state index contributed by atoms with van der Waals surface area (Å²) < 4.78 is 3.57. The Kier molecular flexibility index (Phi) is 6.80. The summed E-state index contributed by atoms with van der Waals surface area (Å²) >= 11 is 1.69. The van der Waals surface area contributed by atoms with Crippen molar-refractivity contribution in [3.63, 3.8) is 0 Å². The van der Waals surface area contributed by atoms with Gasteiger partial charge in [0.15, 0.2) is 0 Å². The lowest BCUT2D eigenvalue weighted by molar-refractivity contribution is 0.258. The zero-order chi connectivity index (χ0) is 21.3. The monoisotopic (exact) mass is 432 g/mol. The highest BCUT2D eigenvalue weighted by atomic mass is 32.1. The first-order chi connectivity index (χ1) is 14.5. The van der Waals surface area contributed by atoms with Gasteiger partial charge in [0, 0.05) is 30.6 Å². The average molecular weight is 433 g/mol. The van der Waals surface area contributed by atoms with Crippen molar-refractivity contribution in [1.29, 1.82) is 0 Å². The molecule has 0 N–H and O–H groups in total. The topological polar surface area (TPSA) is 50.5 Å². The van der Waals surface area contributed by atoms with Crippen molar-refractivity contribution in [1.82, 2.24) is 18.9 Å². The van der Waals surface area contributed by atoms with Crippen molar-refractivity contribution >= 4 is 21.6 Å². The highest BCUT2D eigenvalue weighted by Crippen LogP contribution is 2.34. The molecule has 3 heterocycles. The van der Waals surface area contributed by atoms with E-state index in [-0.39, 0.29) is 17.3 Å². The first-order valence-electron chi connectivity index (χ1n) is 11.7. The summed E-state index contributed by atoms with van der Waals surface area (Å²) in [6, 6.07) is 0.0685. The van der Waals surface area contributed by atoms with Gasteiger partial charge in [0.25, 0.3) is 5.56 Å². The molecule has 2 aromatic heterocycles. The molecule has 0 amide bonds. The second-order valence-corrected chi connectivity index (χ2v) is 10.4. The number of nitrogens with zero attached hydrogens (tertiary/aromatic N) is 4. The first kappa shape index (κ1) is 21.8. The number of rotatable bonds is 7. The molecule has 1 saturated carbocycles. The zero-order valence-electron chi connectivity index (χ0n) is 18.8. The van der Waals surface area contributed by atoms with E-state index in [0.717, 1.165) is 81.3 Å². The van der Waals surface area contributed by atoms with E-state index < -0.39 is 0 Å². The molecular weight excluding hydrogens is 396 g/mol. The molecule has 1 aliphatic carbocycles. The summed E-state index contributed by atoms with van der Waals surface area (Å²) in [5.41, 5.74) is 1.12. The number of fused-ring (bicyclic) bond motifs is 3. The van der Waals surface area contributed by atoms with Gasteiger partial charge in [0.2, 0.25) is 0 Å². The molecule has 0 saturated heterocycles. The smallest absolute Gasteiger partial charge is 0.309 e. The SMILES string of the molecule is CCCN1CCc2c(sc3c2c(=O)n(C2CCCCC2)c(=O)n3CCCN(C)C)C1. The summed E-state index contributed by atoms with van der Waals surface area (Å²) in [4.78, 5) is 34.1. The molecule has 2 aromatic rings. The van der Waals surface area contributed by atoms with Crippen LogP contribution >= 0.6 is 11.3 Å². The molecule has 0 spiro atoms. The lowest BCUT2D eigenvalue weighted by Crippen LogP contribution is -2.43. The van der Waals surface area contributed by atoms with Gasteiger partial charge in [-0.3, -0.25) is 18.8 Å². The predicted octanol–water partition coefficient (Wildman–Crippen LogP) is 3.45. The minimum atomic E-state index is -0.0813. The summed E-state index contributed by atoms with van der Waals surface area (Å²) in [7, 11) is 4.13. The Hall–Kier alpha value is -1.44. The summed E-state index contributed by atoms with van der Waals surface area (Å²) in [5, 5.41) is 0.848. The van der Waals surface area contributed by atoms with Gasteiger partial charge in [0.05, 0.1) is 5.39 Å². The highest BCUT2D eigenvalue weighted by molar-refractivity contribution is 7.18. The Morgan fingerprint density at radius 1 is 1.10 bits per heavy atom. The van der Waals surface area contributed by atoms with E-state index in [2.05, 4.69) is 30.8 Å². The minimum absolute atomic E-state index is 0.0211. The number of aryl methyl sites for hydroxylation is 1. The zero-order valence-corrected chi connectivity index (χ0v) is 19.6. The van der Waals surface area contributed by atoms with Crippen LogP contribution in [-0.4, -0.2) is 52.7 Å². The van der Waals surface area contributed by atoms with Crippen molar-refractivity contribution in [2.24, 2.45) is 0 Å². The van der Waals surface area contributed by atoms with E-state index in [9.17, 15) is 9.59 Å². The number of thiophene rings is 1. The fourth-order valence-electron chi connectivity index (χ4n) is 5.19. The maximum absolute atomic E-state index is 13.7. The van der Waals surface area contributed by atoms with Gasteiger partial charge in [-0.15, -0.1) is 11.3 Å². The number of hydrogen-bond acceptors (Lipinski definition) is 5. The molecule has 0 atom stereocenters. The van der Waals surface area contributed by atoms with Crippen LogP contribution in [0.5, 0.6) is 0 Å². The molecule has 2 aliphatic rings. The summed E-state index contributed by atoms with van der Waals surface area (Å²) in [6.07, 6.45) is 8.33. The van der Waals surface area contributed by atoms with Crippen LogP contribution in [0.4, 0.5) is 0 Å². The quantitative estimate of drug-likeness (QED) is 0.672. The normalized spacial score (nSPS) is 18.4. The van der Waals surface area contributed by atoms with Gasteiger partial charge in [-0.25, -0.2) is 4.79 Å². The van der Waals surface area contributed by atoms with Crippen molar-refractivity contribution < 1.29 is 0 Å². The van der Waals surface area contributed by atoms with Gasteiger partial charge < -0.3 is 4.90 Å². The fraction of sp³-hybridized carbons (Fsp3) is 0.739. The maximum Gasteiger partial charge on any atom is 0.332 e. The molecule has 7 heteroatoms. The molecule has 0 unspecified atom stereocenters. The second-order valence-electron chi connectivity index (χ2n) is 9.27. The van der Waals surface area contributed by atoms with Crippen LogP contribution in [0.15, 0.2) is 9.59 Å². The van der Waals surface area contributed by atoms with E-state index in [1.807, 2.05) is 4.57 Å². The van der Waals surface area contributed by atoms with Crippen LogP contribution in [0.2, 0.25) is 0 Å². The molecule has 1 aliphatic heterocycles. The van der Waals surface area contributed by atoms with Crippen molar-refractivity contribution in [3.05, 3.63) is 31.3 Å². The lowest BCUT2D eigenvalue weighted by Gasteiger charge is -2.26. The van der Waals surface area contributed by atoms with Crippen LogP contribution in [-0.2, 0) is 19.5 Å². The molecule has 30 heavy (non-hydrogen) atoms. The first-order valence-corrected chi connectivity index (χ1v) is 12.5. The predicted molar refractivity (Wildman–Crippen MR) is 125 cm³/mol.